The largest absolute Gasteiger partial charge is 0.319 e. The van der Waals surface area contributed by atoms with Gasteiger partial charge in [-0.3, -0.25) is 4.79 Å². The highest BCUT2D eigenvalue weighted by molar-refractivity contribution is 7.90. The van der Waals surface area contributed by atoms with Gasteiger partial charge >= 0.3 is 0 Å². The van der Waals surface area contributed by atoms with E-state index in [9.17, 15) is 26.4 Å². The van der Waals surface area contributed by atoms with Gasteiger partial charge in [0.15, 0.2) is 21.5 Å². The van der Waals surface area contributed by atoms with Gasteiger partial charge in [0, 0.05) is 18.4 Å². The Labute approximate surface area is 134 Å². The zero-order valence-electron chi connectivity index (χ0n) is 11.5. The highest BCUT2D eigenvalue weighted by Gasteiger charge is 2.18. The Kier molecular flexibility index (Phi) is 4.67. The maximum atomic E-state index is 13.5. The lowest BCUT2D eigenvalue weighted by Gasteiger charge is -2.09. The zero-order valence-corrected chi connectivity index (χ0v) is 13.1. The van der Waals surface area contributed by atoms with E-state index in [0.29, 0.717) is 6.07 Å². The number of halogens is 4. The number of amides is 1. The molecule has 0 fully saturated rings. The van der Waals surface area contributed by atoms with E-state index in [1.165, 1.54) is 12.1 Å². The lowest BCUT2D eigenvalue weighted by atomic mass is 10.2. The molecule has 2 aromatic carbocycles. The third kappa shape index (κ3) is 3.83. The topological polar surface area (TPSA) is 63.2 Å². The van der Waals surface area contributed by atoms with Gasteiger partial charge in [-0.2, -0.15) is 0 Å². The summed E-state index contributed by atoms with van der Waals surface area (Å²) in [6.45, 7) is 0. The minimum atomic E-state index is -3.59. The van der Waals surface area contributed by atoms with Gasteiger partial charge in [0.05, 0.1) is 21.2 Å². The van der Waals surface area contributed by atoms with Gasteiger partial charge in [0.2, 0.25) is 0 Å². The molecule has 122 valence electrons. The molecule has 9 heteroatoms. The number of carbonyl (C=O) groups is 1. The minimum absolute atomic E-state index is 0.0853. The van der Waals surface area contributed by atoms with Crippen LogP contribution in [0.4, 0.5) is 18.9 Å². The summed E-state index contributed by atoms with van der Waals surface area (Å²) >= 11 is 5.82. The predicted octanol–water partition coefficient (Wildman–Crippen LogP) is 3.41. The average Bonchev–Trinajstić information content (AvgIpc) is 2.43. The van der Waals surface area contributed by atoms with E-state index < -0.39 is 38.9 Å². The number of benzene rings is 2. The number of rotatable bonds is 3. The van der Waals surface area contributed by atoms with E-state index in [1.54, 1.807) is 0 Å². The van der Waals surface area contributed by atoms with E-state index >= 15 is 0 Å². The molecule has 0 aliphatic heterocycles. The molecule has 1 N–H and O–H groups in total. The smallest absolute Gasteiger partial charge is 0.257 e. The van der Waals surface area contributed by atoms with Crippen molar-refractivity contribution in [3.63, 3.8) is 0 Å². The Balaban J connectivity index is 2.40. The standard InChI is InChI=1S/C14H9ClF3NO3S/c1-23(21,22)7-2-3-9(15)8(4-7)14(20)19-13-6-11(17)10(16)5-12(13)18/h2-6H,1H3,(H,19,20). The molecule has 0 aliphatic rings. The Morgan fingerprint density at radius 3 is 2.26 bits per heavy atom. The second-order valence-corrected chi connectivity index (χ2v) is 7.04. The molecule has 0 unspecified atom stereocenters. The van der Waals surface area contributed by atoms with E-state index in [0.717, 1.165) is 12.3 Å². The first kappa shape index (κ1) is 17.3. The van der Waals surface area contributed by atoms with Crippen LogP contribution >= 0.6 is 11.6 Å². The van der Waals surface area contributed by atoms with Crippen molar-refractivity contribution >= 4 is 33.0 Å². The molecule has 0 saturated carbocycles. The van der Waals surface area contributed by atoms with Crippen molar-refractivity contribution in [2.45, 2.75) is 4.90 Å². The predicted molar refractivity (Wildman–Crippen MR) is 78.8 cm³/mol. The van der Waals surface area contributed by atoms with Crippen molar-refractivity contribution < 1.29 is 26.4 Å². The molecule has 0 atom stereocenters. The number of hydrogen-bond acceptors (Lipinski definition) is 3. The summed E-state index contributed by atoms with van der Waals surface area (Å²) in [5, 5.41) is 1.93. The summed E-state index contributed by atoms with van der Waals surface area (Å²) in [5.41, 5.74) is -0.853. The quantitative estimate of drug-likeness (QED) is 0.850. The number of nitrogens with one attached hydrogen (secondary N) is 1. The number of sulfone groups is 1. The third-order valence-electron chi connectivity index (χ3n) is 2.87. The molecular weight excluding hydrogens is 355 g/mol. The molecule has 0 bridgehead atoms. The van der Waals surface area contributed by atoms with Crippen LogP contribution in [0.1, 0.15) is 10.4 Å². The van der Waals surface area contributed by atoms with Crippen LogP contribution in [0.15, 0.2) is 35.2 Å². The SMILES string of the molecule is CS(=O)(=O)c1ccc(Cl)c(C(=O)Nc2cc(F)c(F)cc2F)c1. The van der Waals surface area contributed by atoms with E-state index in [4.69, 9.17) is 11.6 Å². The Hall–Kier alpha value is -2.06. The molecule has 2 aromatic rings. The van der Waals surface area contributed by atoms with Crippen LogP contribution in [0.5, 0.6) is 0 Å². The van der Waals surface area contributed by atoms with Crippen molar-refractivity contribution in [3.8, 4) is 0 Å². The van der Waals surface area contributed by atoms with Crippen molar-refractivity contribution in [2.24, 2.45) is 0 Å². The van der Waals surface area contributed by atoms with E-state index in [1.807, 2.05) is 5.32 Å². The lowest BCUT2D eigenvalue weighted by molar-refractivity contribution is 0.102. The molecule has 0 radical (unpaired) electrons. The molecule has 0 saturated heterocycles. The van der Waals surface area contributed by atoms with Crippen LogP contribution < -0.4 is 5.32 Å². The van der Waals surface area contributed by atoms with Crippen LogP contribution in [0.2, 0.25) is 5.02 Å². The molecule has 23 heavy (non-hydrogen) atoms. The van der Waals surface area contributed by atoms with Gasteiger partial charge in [0.1, 0.15) is 5.82 Å². The molecule has 0 aromatic heterocycles. The fourth-order valence-electron chi connectivity index (χ4n) is 1.72. The molecule has 0 aliphatic carbocycles. The first-order valence-corrected chi connectivity index (χ1v) is 8.32. The molecular formula is C14H9ClF3NO3S. The second kappa shape index (κ2) is 6.21. The van der Waals surface area contributed by atoms with Crippen molar-refractivity contribution in [2.75, 3.05) is 11.6 Å². The highest BCUT2D eigenvalue weighted by Crippen LogP contribution is 2.23. The van der Waals surface area contributed by atoms with Gasteiger partial charge < -0.3 is 5.32 Å². The van der Waals surface area contributed by atoms with Gasteiger partial charge in [-0.1, -0.05) is 11.6 Å². The summed E-state index contributed by atoms with van der Waals surface area (Å²) in [5.74, 6) is -4.91. The first-order chi connectivity index (χ1) is 10.6. The van der Waals surface area contributed by atoms with Gasteiger partial charge in [-0.15, -0.1) is 0 Å². The summed E-state index contributed by atoms with van der Waals surface area (Å²) in [4.78, 5) is 11.9. The zero-order chi connectivity index (χ0) is 17.4. The van der Waals surface area contributed by atoms with Gasteiger partial charge in [0.25, 0.3) is 5.91 Å². The first-order valence-electron chi connectivity index (χ1n) is 6.05. The summed E-state index contributed by atoms with van der Waals surface area (Å²) in [6.07, 6.45) is 0.937. The molecule has 1 amide bonds. The Morgan fingerprint density at radius 2 is 1.65 bits per heavy atom. The maximum Gasteiger partial charge on any atom is 0.257 e. The molecule has 2 rings (SSSR count). The Morgan fingerprint density at radius 1 is 1.04 bits per heavy atom. The van der Waals surface area contributed by atoms with Crippen LogP contribution in [0.3, 0.4) is 0 Å². The van der Waals surface area contributed by atoms with Crippen molar-refractivity contribution in [1.82, 2.24) is 0 Å². The molecule has 4 nitrogen and oxygen atoms in total. The van der Waals surface area contributed by atoms with Gasteiger partial charge in [-0.05, 0) is 18.2 Å². The summed E-state index contributed by atoms with van der Waals surface area (Å²) in [7, 11) is -3.59. The van der Waals surface area contributed by atoms with Crippen molar-refractivity contribution in [3.05, 3.63) is 58.4 Å². The fourth-order valence-corrected chi connectivity index (χ4v) is 2.57. The van der Waals surface area contributed by atoms with Crippen LogP contribution in [-0.4, -0.2) is 20.6 Å². The maximum absolute atomic E-state index is 13.5. The number of carbonyl (C=O) groups excluding carboxylic acids is 1. The normalized spacial score (nSPS) is 11.3. The van der Waals surface area contributed by atoms with Gasteiger partial charge in [-0.25, -0.2) is 21.6 Å². The summed E-state index contributed by atoms with van der Waals surface area (Å²) < 4.78 is 62.5. The van der Waals surface area contributed by atoms with Crippen LogP contribution in [-0.2, 0) is 9.84 Å². The van der Waals surface area contributed by atoms with Crippen molar-refractivity contribution in [1.29, 1.82) is 0 Å². The number of hydrogen-bond donors (Lipinski definition) is 1. The van der Waals surface area contributed by atoms with Crippen LogP contribution in [0, 0.1) is 17.5 Å². The van der Waals surface area contributed by atoms with Crippen LogP contribution in [0.25, 0.3) is 0 Å². The average molecular weight is 364 g/mol. The molecule has 0 heterocycles. The fraction of sp³-hybridized carbons (Fsp3) is 0.0714. The highest BCUT2D eigenvalue weighted by atomic mass is 35.5. The Bertz CT molecular complexity index is 900. The van der Waals surface area contributed by atoms with E-state index in [-0.39, 0.29) is 21.5 Å². The monoisotopic (exact) mass is 363 g/mol. The van der Waals surface area contributed by atoms with E-state index in [2.05, 4.69) is 0 Å². The molecule has 0 spiro atoms. The summed E-state index contributed by atoms with van der Waals surface area (Å²) in [6, 6.07) is 4.14. The second-order valence-electron chi connectivity index (χ2n) is 4.61. The lowest BCUT2D eigenvalue weighted by Crippen LogP contribution is -2.15. The number of anilines is 1. The third-order valence-corrected chi connectivity index (χ3v) is 4.31. The minimum Gasteiger partial charge on any atom is -0.319 e.